The van der Waals surface area contributed by atoms with Crippen molar-refractivity contribution < 1.29 is 14.3 Å². The van der Waals surface area contributed by atoms with Gasteiger partial charge in [0.15, 0.2) is 0 Å². The lowest BCUT2D eigenvalue weighted by atomic mass is 10.1. The molecule has 1 atom stereocenters. The number of methoxy groups -OCH3 is 1. The molecule has 6 nitrogen and oxygen atoms in total. The Balaban J connectivity index is 1.72. The maximum atomic E-state index is 12.4. The first-order chi connectivity index (χ1) is 11.1. The van der Waals surface area contributed by atoms with Gasteiger partial charge < -0.3 is 10.1 Å². The highest BCUT2D eigenvalue weighted by Gasteiger charge is 2.30. The second kappa shape index (κ2) is 6.24. The Kier molecular flexibility index (Phi) is 4.14. The molecule has 1 aliphatic carbocycles. The maximum absolute atomic E-state index is 12.4. The van der Waals surface area contributed by atoms with Gasteiger partial charge in [-0.15, -0.1) is 0 Å². The zero-order chi connectivity index (χ0) is 16.4. The van der Waals surface area contributed by atoms with E-state index in [9.17, 15) is 9.59 Å². The van der Waals surface area contributed by atoms with Crippen molar-refractivity contribution in [2.24, 2.45) is 5.92 Å². The van der Waals surface area contributed by atoms with Gasteiger partial charge in [-0.1, -0.05) is 0 Å². The molecule has 0 spiro atoms. The highest BCUT2D eigenvalue weighted by molar-refractivity contribution is 6.04. The molecule has 1 N–H and O–H groups in total. The second-order valence-corrected chi connectivity index (χ2v) is 5.76. The smallest absolute Gasteiger partial charge is 0.337 e. The van der Waals surface area contributed by atoms with Crippen LogP contribution in [0.25, 0.3) is 0 Å². The van der Waals surface area contributed by atoms with Crippen molar-refractivity contribution in [2.75, 3.05) is 12.4 Å². The molecule has 1 saturated carbocycles. The summed E-state index contributed by atoms with van der Waals surface area (Å²) >= 11 is 0. The Labute approximate surface area is 134 Å². The van der Waals surface area contributed by atoms with E-state index in [4.69, 9.17) is 0 Å². The summed E-state index contributed by atoms with van der Waals surface area (Å²) in [4.78, 5) is 23.8. The largest absolute Gasteiger partial charge is 0.465 e. The van der Waals surface area contributed by atoms with E-state index in [1.165, 1.54) is 20.0 Å². The molecule has 3 rings (SSSR count). The number of amides is 1. The average molecular weight is 313 g/mol. The van der Waals surface area contributed by atoms with Crippen molar-refractivity contribution in [2.45, 2.75) is 25.8 Å². The van der Waals surface area contributed by atoms with Gasteiger partial charge in [-0.2, -0.15) is 5.10 Å². The molecular weight excluding hydrogens is 294 g/mol. The first-order valence-electron chi connectivity index (χ1n) is 7.63. The standard InChI is InChI=1S/C17H19N3O3/c1-11(12-3-4-12)20-15(9-10-18-20)19-16(21)13-5-7-14(8-6-13)17(22)23-2/h5-12H,3-4H2,1-2H3,(H,19,21). The van der Waals surface area contributed by atoms with Gasteiger partial charge in [0.05, 0.1) is 24.9 Å². The van der Waals surface area contributed by atoms with Crippen molar-refractivity contribution >= 4 is 17.7 Å². The number of carbonyl (C=O) groups is 2. The molecule has 0 bridgehead atoms. The van der Waals surface area contributed by atoms with E-state index < -0.39 is 5.97 Å². The summed E-state index contributed by atoms with van der Waals surface area (Å²) in [6, 6.07) is 8.43. The number of hydrogen-bond donors (Lipinski definition) is 1. The zero-order valence-corrected chi connectivity index (χ0v) is 13.2. The predicted octanol–water partition coefficient (Wildman–Crippen LogP) is 2.89. The SMILES string of the molecule is COC(=O)c1ccc(C(=O)Nc2ccnn2C(C)C2CC2)cc1. The van der Waals surface area contributed by atoms with Crippen LogP contribution in [0.3, 0.4) is 0 Å². The zero-order valence-electron chi connectivity index (χ0n) is 13.2. The summed E-state index contributed by atoms with van der Waals surface area (Å²) in [5, 5.41) is 7.19. The number of aromatic nitrogens is 2. The minimum absolute atomic E-state index is 0.230. The quantitative estimate of drug-likeness (QED) is 0.861. The van der Waals surface area contributed by atoms with E-state index >= 15 is 0 Å². The van der Waals surface area contributed by atoms with E-state index in [1.807, 2.05) is 4.68 Å². The van der Waals surface area contributed by atoms with Gasteiger partial charge >= 0.3 is 5.97 Å². The topological polar surface area (TPSA) is 73.2 Å². The third-order valence-corrected chi connectivity index (χ3v) is 4.17. The lowest BCUT2D eigenvalue weighted by molar-refractivity contribution is 0.0600. The summed E-state index contributed by atoms with van der Waals surface area (Å²) in [7, 11) is 1.32. The molecule has 1 aromatic carbocycles. The summed E-state index contributed by atoms with van der Waals surface area (Å²) in [6.07, 6.45) is 4.11. The van der Waals surface area contributed by atoms with Crippen molar-refractivity contribution in [3.63, 3.8) is 0 Å². The number of benzene rings is 1. The van der Waals surface area contributed by atoms with Crippen LogP contribution in [0.5, 0.6) is 0 Å². The average Bonchev–Trinajstić information content (AvgIpc) is 3.33. The number of carbonyl (C=O) groups excluding carboxylic acids is 2. The molecule has 1 aliphatic rings. The Bertz CT molecular complexity index is 717. The fraction of sp³-hybridized carbons (Fsp3) is 0.353. The first-order valence-corrected chi connectivity index (χ1v) is 7.63. The van der Waals surface area contributed by atoms with Crippen LogP contribution in [0.4, 0.5) is 5.82 Å². The number of anilines is 1. The van der Waals surface area contributed by atoms with Crippen LogP contribution in [0, 0.1) is 5.92 Å². The van der Waals surface area contributed by atoms with Crippen LogP contribution in [0.2, 0.25) is 0 Å². The van der Waals surface area contributed by atoms with Gasteiger partial charge in [0.1, 0.15) is 5.82 Å². The van der Waals surface area contributed by atoms with Gasteiger partial charge in [-0.05, 0) is 49.9 Å². The van der Waals surface area contributed by atoms with E-state index in [-0.39, 0.29) is 11.9 Å². The third-order valence-electron chi connectivity index (χ3n) is 4.17. The number of hydrogen-bond acceptors (Lipinski definition) is 4. The lowest BCUT2D eigenvalue weighted by Crippen LogP contribution is -2.18. The maximum Gasteiger partial charge on any atom is 0.337 e. The van der Waals surface area contributed by atoms with E-state index in [2.05, 4.69) is 22.1 Å². The van der Waals surface area contributed by atoms with Crippen LogP contribution in [-0.4, -0.2) is 28.8 Å². The van der Waals surface area contributed by atoms with Gasteiger partial charge in [0, 0.05) is 11.6 Å². The summed E-state index contributed by atoms with van der Waals surface area (Å²) in [5.74, 6) is 0.677. The Hall–Kier alpha value is -2.63. The molecule has 0 aliphatic heterocycles. The van der Waals surface area contributed by atoms with Crippen molar-refractivity contribution in [3.8, 4) is 0 Å². The van der Waals surface area contributed by atoms with Gasteiger partial charge in [-0.25, -0.2) is 9.48 Å². The number of ether oxygens (including phenoxy) is 1. The minimum Gasteiger partial charge on any atom is -0.465 e. The van der Waals surface area contributed by atoms with Crippen LogP contribution < -0.4 is 5.32 Å². The van der Waals surface area contributed by atoms with Crippen LogP contribution >= 0.6 is 0 Å². The van der Waals surface area contributed by atoms with E-state index in [0.717, 1.165) is 0 Å². The second-order valence-electron chi connectivity index (χ2n) is 5.76. The minimum atomic E-state index is -0.423. The van der Waals surface area contributed by atoms with E-state index in [0.29, 0.717) is 22.9 Å². The third kappa shape index (κ3) is 3.26. The van der Waals surface area contributed by atoms with Crippen molar-refractivity contribution in [1.29, 1.82) is 0 Å². The fourth-order valence-corrected chi connectivity index (χ4v) is 2.58. The molecule has 1 amide bonds. The summed E-state index contributed by atoms with van der Waals surface area (Å²) in [5.41, 5.74) is 0.890. The Morgan fingerprint density at radius 2 is 1.87 bits per heavy atom. The van der Waals surface area contributed by atoms with Gasteiger partial charge in [0.25, 0.3) is 5.91 Å². The van der Waals surface area contributed by atoms with Gasteiger partial charge in [-0.3, -0.25) is 4.79 Å². The molecule has 6 heteroatoms. The summed E-state index contributed by atoms with van der Waals surface area (Å²) in [6.45, 7) is 2.12. The van der Waals surface area contributed by atoms with Gasteiger partial charge in [0.2, 0.25) is 0 Å². The monoisotopic (exact) mass is 313 g/mol. The first kappa shape index (κ1) is 15.3. The van der Waals surface area contributed by atoms with Crippen LogP contribution in [0.15, 0.2) is 36.5 Å². The molecule has 120 valence electrons. The van der Waals surface area contributed by atoms with Crippen molar-refractivity contribution in [1.82, 2.24) is 9.78 Å². The molecule has 1 fully saturated rings. The lowest BCUT2D eigenvalue weighted by Gasteiger charge is -2.15. The molecule has 23 heavy (non-hydrogen) atoms. The van der Waals surface area contributed by atoms with Crippen LogP contribution in [0.1, 0.15) is 46.5 Å². The fourth-order valence-electron chi connectivity index (χ4n) is 2.58. The highest BCUT2D eigenvalue weighted by atomic mass is 16.5. The Morgan fingerprint density at radius 3 is 2.48 bits per heavy atom. The molecule has 2 aromatic rings. The van der Waals surface area contributed by atoms with Crippen LogP contribution in [-0.2, 0) is 4.74 Å². The van der Waals surface area contributed by atoms with E-state index in [1.54, 1.807) is 36.5 Å². The van der Waals surface area contributed by atoms with Crippen molar-refractivity contribution in [3.05, 3.63) is 47.7 Å². The highest BCUT2D eigenvalue weighted by Crippen LogP contribution is 2.40. The summed E-state index contributed by atoms with van der Waals surface area (Å²) < 4.78 is 6.50. The normalized spacial score (nSPS) is 15.0. The number of nitrogens with zero attached hydrogens (tertiary/aromatic N) is 2. The number of esters is 1. The molecule has 1 unspecified atom stereocenters. The predicted molar refractivity (Wildman–Crippen MR) is 85.4 cm³/mol. The molecular formula is C17H19N3O3. The molecule has 0 saturated heterocycles. The molecule has 0 radical (unpaired) electrons. The molecule has 1 aromatic heterocycles. The Morgan fingerprint density at radius 1 is 1.22 bits per heavy atom. The number of rotatable bonds is 5. The number of nitrogens with one attached hydrogen (secondary N) is 1. The molecule has 1 heterocycles.